The Kier molecular flexibility index (Phi) is 8.14. The minimum Gasteiger partial charge on any atom is -0.467 e. The Labute approximate surface area is 175 Å². The highest BCUT2D eigenvalue weighted by Gasteiger charge is 2.25. The van der Waals surface area contributed by atoms with E-state index in [1.165, 1.54) is 6.07 Å². The van der Waals surface area contributed by atoms with Gasteiger partial charge in [-0.05, 0) is 51.3 Å². The van der Waals surface area contributed by atoms with Crippen LogP contribution in [-0.4, -0.2) is 44.7 Å². The zero-order valence-corrected chi connectivity index (χ0v) is 18.3. The fourth-order valence-electron chi connectivity index (χ4n) is 2.44. The van der Waals surface area contributed by atoms with Crippen LogP contribution in [0.25, 0.3) is 0 Å². The lowest BCUT2D eigenvalue weighted by Gasteiger charge is -2.18. The number of anilines is 1. The molecule has 27 heavy (non-hydrogen) atoms. The van der Waals surface area contributed by atoms with E-state index in [2.05, 4.69) is 22.7 Å². The Morgan fingerprint density at radius 3 is 2.67 bits per heavy atom. The second-order valence-corrected chi connectivity index (χ2v) is 9.36. The minimum atomic E-state index is -3.85. The van der Waals surface area contributed by atoms with Gasteiger partial charge >= 0.3 is 0 Å². The van der Waals surface area contributed by atoms with Crippen LogP contribution in [0, 0.1) is 0 Å². The molecule has 0 atom stereocenters. The van der Waals surface area contributed by atoms with E-state index in [0.717, 1.165) is 6.54 Å². The smallest absolute Gasteiger partial charge is 0.244 e. The largest absolute Gasteiger partial charge is 0.467 e. The monoisotopic (exact) mass is 447 g/mol. The van der Waals surface area contributed by atoms with Crippen molar-refractivity contribution in [2.45, 2.75) is 17.9 Å². The molecule has 0 saturated heterocycles. The van der Waals surface area contributed by atoms with E-state index in [-0.39, 0.29) is 20.7 Å². The highest BCUT2D eigenvalue weighted by atomic mass is 35.5. The highest BCUT2D eigenvalue weighted by molar-refractivity contribution is 8.11. The zero-order chi connectivity index (χ0) is 20.0. The Hall–Kier alpha value is -1.10. The predicted molar refractivity (Wildman–Crippen MR) is 117 cm³/mol. The van der Waals surface area contributed by atoms with Crippen molar-refractivity contribution >= 4 is 56.4 Å². The van der Waals surface area contributed by atoms with Gasteiger partial charge in [0, 0.05) is 12.1 Å². The quantitative estimate of drug-likeness (QED) is 0.294. The van der Waals surface area contributed by atoms with E-state index >= 15 is 0 Å². The molecule has 0 saturated carbocycles. The molecule has 0 aliphatic heterocycles. The molecule has 1 heterocycles. The van der Waals surface area contributed by atoms with E-state index in [0.29, 0.717) is 30.0 Å². The number of sulfonamides is 1. The van der Waals surface area contributed by atoms with Crippen LogP contribution in [0.2, 0.25) is 5.02 Å². The van der Waals surface area contributed by atoms with Crippen LogP contribution < -0.4 is 10.0 Å². The average molecular weight is 448 g/mol. The van der Waals surface area contributed by atoms with Crippen molar-refractivity contribution in [1.82, 2.24) is 9.62 Å². The van der Waals surface area contributed by atoms with Crippen molar-refractivity contribution in [3.8, 4) is 0 Å². The van der Waals surface area contributed by atoms with E-state index in [1.807, 2.05) is 19.0 Å². The second kappa shape index (κ2) is 9.90. The number of thiocarbonyl (C=S) groups is 1. The van der Waals surface area contributed by atoms with E-state index in [9.17, 15) is 8.42 Å². The maximum atomic E-state index is 12.9. The summed E-state index contributed by atoms with van der Waals surface area (Å²) in [5.74, 6) is 0.647. The Balaban J connectivity index is 2.34. The Morgan fingerprint density at radius 1 is 1.33 bits per heavy atom. The fraction of sp³-hybridized carbons (Fsp3) is 0.353. The molecule has 1 aromatic heterocycles. The van der Waals surface area contributed by atoms with Crippen molar-refractivity contribution in [1.29, 1.82) is 0 Å². The SMILES string of the molecule is CN(C)CCCNS(=O)(=O)c1c(Cl)ccc(C(=S)S)c1NCc1ccco1. The lowest BCUT2D eigenvalue weighted by Crippen LogP contribution is -2.28. The first kappa shape index (κ1) is 22.2. The van der Waals surface area contributed by atoms with Gasteiger partial charge < -0.3 is 14.6 Å². The second-order valence-electron chi connectivity index (χ2n) is 6.09. The van der Waals surface area contributed by atoms with Gasteiger partial charge in [-0.2, -0.15) is 0 Å². The van der Waals surface area contributed by atoms with Crippen LogP contribution in [0.3, 0.4) is 0 Å². The molecule has 0 bridgehead atoms. The van der Waals surface area contributed by atoms with Gasteiger partial charge in [0.2, 0.25) is 10.0 Å². The van der Waals surface area contributed by atoms with Crippen LogP contribution in [0.1, 0.15) is 17.7 Å². The van der Waals surface area contributed by atoms with Gasteiger partial charge in [-0.3, -0.25) is 0 Å². The summed E-state index contributed by atoms with van der Waals surface area (Å²) in [4.78, 5) is 1.94. The summed E-state index contributed by atoms with van der Waals surface area (Å²) in [6.07, 6.45) is 2.22. The molecule has 2 N–H and O–H groups in total. The average Bonchev–Trinajstić information content (AvgIpc) is 3.09. The lowest BCUT2D eigenvalue weighted by molar-refractivity contribution is 0.400. The van der Waals surface area contributed by atoms with Crippen LogP contribution >= 0.6 is 36.4 Å². The summed E-state index contributed by atoms with van der Waals surface area (Å²) in [5.41, 5.74) is 0.789. The van der Waals surface area contributed by atoms with Crippen molar-refractivity contribution in [3.63, 3.8) is 0 Å². The number of nitrogens with zero attached hydrogens (tertiary/aromatic N) is 1. The van der Waals surface area contributed by atoms with Gasteiger partial charge in [0.1, 0.15) is 10.7 Å². The minimum absolute atomic E-state index is 0.0468. The van der Waals surface area contributed by atoms with Gasteiger partial charge in [0.15, 0.2) is 0 Å². The molecule has 148 valence electrons. The molecule has 10 heteroatoms. The maximum absolute atomic E-state index is 12.9. The standard InChI is InChI=1S/C17H22ClN3O3S3/c1-21(2)9-4-8-20-27(22,23)16-14(18)7-6-13(17(25)26)15(16)19-11-12-5-3-10-24-12/h3,5-7,10,19-20H,4,8-9,11H2,1-2H3,(H,25,26). The molecule has 2 rings (SSSR count). The van der Waals surface area contributed by atoms with Crippen LogP contribution in [0.5, 0.6) is 0 Å². The summed E-state index contributed by atoms with van der Waals surface area (Å²) in [6.45, 7) is 1.34. The van der Waals surface area contributed by atoms with Crippen LogP contribution in [0.4, 0.5) is 5.69 Å². The molecule has 0 aliphatic rings. The molecule has 0 aliphatic carbocycles. The Bertz CT molecular complexity index is 884. The van der Waals surface area contributed by atoms with Gasteiger partial charge in [0.25, 0.3) is 0 Å². The number of benzene rings is 1. The summed E-state index contributed by atoms with van der Waals surface area (Å²) in [5, 5.41) is 3.18. The fourth-order valence-corrected chi connectivity index (χ4v) is 4.59. The van der Waals surface area contributed by atoms with Gasteiger partial charge in [-0.25, -0.2) is 13.1 Å². The lowest BCUT2D eigenvalue weighted by atomic mass is 10.2. The number of furan rings is 1. The molecular weight excluding hydrogens is 426 g/mol. The molecule has 1 aromatic carbocycles. The van der Waals surface area contributed by atoms with Gasteiger partial charge in [0.05, 0.1) is 27.7 Å². The summed E-state index contributed by atoms with van der Waals surface area (Å²) in [7, 11) is 0.00567. The third-order valence-corrected chi connectivity index (χ3v) is 6.14. The number of hydrogen-bond donors (Lipinski definition) is 3. The van der Waals surface area contributed by atoms with Crippen molar-refractivity contribution < 1.29 is 12.8 Å². The molecule has 6 nitrogen and oxygen atoms in total. The molecule has 0 amide bonds. The number of halogens is 1. The first-order chi connectivity index (χ1) is 12.7. The number of nitrogens with one attached hydrogen (secondary N) is 2. The number of thiol groups is 1. The first-order valence-corrected chi connectivity index (χ1v) is 10.9. The predicted octanol–water partition coefficient (Wildman–Crippen LogP) is 3.38. The third kappa shape index (κ3) is 6.20. The summed E-state index contributed by atoms with van der Waals surface area (Å²) in [6, 6.07) is 6.69. The van der Waals surface area contributed by atoms with Crippen molar-refractivity contribution in [2.75, 3.05) is 32.5 Å². The zero-order valence-electron chi connectivity index (χ0n) is 15.0. The Morgan fingerprint density at radius 2 is 2.07 bits per heavy atom. The normalized spacial score (nSPS) is 11.7. The summed E-state index contributed by atoms with van der Waals surface area (Å²) >= 11 is 15.6. The molecule has 0 radical (unpaired) electrons. The van der Waals surface area contributed by atoms with E-state index in [4.69, 9.17) is 28.2 Å². The topological polar surface area (TPSA) is 74.6 Å². The van der Waals surface area contributed by atoms with Crippen molar-refractivity contribution in [3.05, 3.63) is 46.9 Å². The maximum Gasteiger partial charge on any atom is 0.244 e. The van der Waals surface area contributed by atoms with Crippen LogP contribution in [0.15, 0.2) is 39.8 Å². The van der Waals surface area contributed by atoms with E-state index < -0.39 is 10.0 Å². The van der Waals surface area contributed by atoms with Crippen molar-refractivity contribution in [2.24, 2.45) is 0 Å². The molecular formula is C17H22ClN3O3S3. The molecule has 0 spiro atoms. The van der Waals surface area contributed by atoms with Crippen LogP contribution in [-0.2, 0) is 16.6 Å². The summed E-state index contributed by atoms with van der Waals surface area (Å²) < 4.78 is 34.0. The highest BCUT2D eigenvalue weighted by Crippen LogP contribution is 2.34. The molecule has 2 aromatic rings. The molecule has 0 unspecified atom stereocenters. The number of rotatable bonds is 10. The van der Waals surface area contributed by atoms with Gasteiger partial charge in [-0.1, -0.05) is 23.8 Å². The van der Waals surface area contributed by atoms with E-state index in [1.54, 1.807) is 24.5 Å². The van der Waals surface area contributed by atoms with Gasteiger partial charge in [-0.15, -0.1) is 12.6 Å². The molecule has 0 fully saturated rings. The first-order valence-electron chi connectivity index (χ1n) is 8.19. The third-order valence-electron chi connectivity index (χ3n) is 3.70. The number of hydrogen-bond acceptors (Lipinski definition) is 6.